The molecule has 0 unspecified atom stereocenters. The fourth-order valence-electron chi connectivity index (χ4n) is 2.10. The second kappa shape index (κ2) is 6.33. The van der Waals surface area contributed by atoms with Crippen molar-refractivity contribution < 1.29 is 4.79 Å². The summed E-state index contributed by atoms with van der Waals surface area (Å²) >= 11 is 1.46. The molecule has 0 bridgehead atoms. The molecule has 0 N–H and O–H groups in total. The van der Waals surface area contributed by atoms with Crippen LogP contribution in [0.1, 0.15) is 15.2 Å². The van der Waals surface area contributed by atoms with Crippen molar-refractivity contribution in [2.45, 2.75) is 6.54 Å². The molecule has 1 aromatic carbocycles. The van der Waals surface area contributed by atoms with Crippen LogP contribution < -0.4 is 4.90 Å². The number of hydrogen-bond acceptors (Lipinski definition) is 3. The van der Waals surface area contributed by atoms with Gasteiger partial charge in [-0.3, -0.25) is 9.78 Å². The molecule has 0 aliphatic rings. The first kappa shape index (κ1) is 13.5. The zero-order chi connectivity index (χ0) is 14.5. The molecule has 1 amide bonds. The topological polar surface area (TPSA) is 33.2 Å². The largest absolute Gasteiger partial charge is 0.303 e. The molecule has 0 fully saturated rings. The number of benzene rings is 1. The van der Waals surface area contributed by atoms with E-state index in [0.29, 0.717) is 6.54 Å². The number of nitrogens with zero attached hydrogens (tertiary/aromatic N) is 2. The molecular weight excluding hydrogens is 280 g/mol. The SMILES string of the molecule is O=C(c1cccs1)N(Cc1cccnc1)c1ccccc1. The lowest BCUT2D eigenvalue weighted by molar-refractivity contribution is 0.0989. The number of thiophene rings is 1. The number of carbonyl (C=O) groups is 1. The summed E-state index contributed by atoms with van der Waals surface area (Å²) in [6, 6.07) is 17.3. The third-order valence-electron chi connectivity index (χ3n) is 3.11. The maximum atomic E-state index is 12.7. The minimum absolute atomic E-state index is 0.0139. The summed E-state index contributed by atoms with van der Waals surface area (Å²) in [5, 5.41) is 1.92. The first-order valence-corrected chi connectivity index (χ1v) is 7.52. The van der Waals surface area contributed by atoms with Crippen molar-refractivity contribution in [2.24, 2.45) is 0 Å². The number of carbonyl (C=O) groups excluding carboxylic acids is 1. The van der Waals surface area contributed by atoms with E-state index in [9.17, 15) is 4.79 Å². The number of anilines is 1. The number of para-hydroxylation sites is 1. The van der Waals surface area contributed by atoms with Gasteiger partial charge in [0.1, 0.15) is 0 Å². The summed E-state index contributed by atoms with van der Waals surface area (Å²) in [7, 11) is 0. The van der Waals surface area contributed by atoms with E-state index in [-0.39, 0.29) is 5.91 Å². The van der Waals surface area contributed by atoms with Gasteiger partial charge >= 0.3 is 0 Å². The molecule has 3 nitrogen and oxygen atoms in total. The molecule has 21 heavy (non-hydrogen) atoms. The van der Waals surface area contributed by atoms with E-state index in [1.54, 1.807) is 17.3 Å². The third kappa shape index (κ3) is 3.17. The molecule has 0 aliphatic heterocycles. The van der Waals surface area contributed by atoms with Crippen LogP contribution in [0.3, 0.4) is 0 Å². The van der Waals surface area contributed by atoms with Crippen LogP contribution in [-0.4, -0.2) is 10.9 Å². The number of aromatic nitrogens is 1. The second-order valence-electron chi connectivity index (χ2n) is 4.57. The molecule has 0 radical (unpaired) electrons. The van der Waals surface area contributed by atoms with Gasteiger partial charge in [0.15, 0.2) is 0 Å². The average molecular weight is 294 g/mol. The number of pyridine rings is 1. The van der Waals surface area contributed by atoms with Crippen molar-refractivity contribution in [1.29, 1.82) is 0 Å². The predicted molar refractivity (Wildman–Crippen MR) is 85.5 cm³/mol. The molecule has 0 aliphatic carbocycles. The Morgan fingerprint density at radius 3 is 2.57 bits per heavy atom. The van der Waals surface area contributed by atoms with Crippen molar-refractivity contribution in [3.05, 3.63) is 82.8 Å². The number of rotatable bonds is 4. The van der Waals surface area contributed by atoms with E-state index >= 15 is 0 Å². The van der Waals surface area contributed by atoms with Crippen LogP contribution in [0.5, 0.6) is 0 Å². The Balaban J connectivity index is 1.93. The van der Waals surface area contributed by atoms with Gasteiger partial charge in [0.2, 0.25) is 0 Å². The summed E-state index contributed by atoms with van der Waals surface area (Å²) in [6.07, 6.45) is 3.52. The fourth-order valence-corrected chi connectivity index (χ4v) is 2.77. The summed E-state index contributed by atoms with van der Waals surface area (Å²) in [4.78, 5) is 19.4. The quantitative estimate of drug-likeness (QED) is 0.729. The van der Waals surface area contributed by atoms with Gasteiger partial charge in [0.05, 0.1) is 11.4 Å². The second-order valence-corrected chi connectivity index (χ2v) is 5.51. The lowest BCUT2D eigenvalue weighted by Gasteiger charge is -2.22. The van der Waals surface area contributed by atoms with Crippen molar-refractivity contribution in [1.82, 2.24) is 4.98 Å². The Hall–Kier alpha value is -2.46. The maximum Gasteiger partial charge on any atom is 0.268 e. The summed E-state index contributed by atoms with van der Waals surface area (Å²) in [5.41, 5.74) is 1.89. The van der Waals surface area contributed by atoms with E-state index in [1.165, 1.54) is 11.3 Å². The molecule has 0 spiro atoms. The Morgan fingerprint density at radius 2 is 1.90 bits per heavy atom. The summed E-state index contributed by atoms with van der Waals surface area (Å²) in [6.45, 7) is 0.509. The van der Waals surface area contributed by atoms with E-state index < -0.39 is 0 Å². The zero-order valence-electron chi connectivity index (χ0n) is 11.3. The van der Waals surface area contributed by atoms with E-state index in [0.717, 1.165) is 16.1 Å². The van der Waals surface area contributed by atoms with Crippen LogP contribution >= 0.6 is 11.3 Å². The van der Waals surface area contributed by atoms with Crippen LogP contribution in [0.2, 0.25) is 0 Å². The minimum atomic E-state index is 0.0139. The molecule has 2 aromatic heterocycles. The van der Waals surface area contributed by atoms with Crippen LogP contribution in [0, 0.1) is 0 Å². The highest BCUT2D eigenvalue weighted by molar-refractivity contribution is 7.12. The van der Waals surface area contributed by atoms with Gasteiger partial charge in [-0.1, -0.05) is 30.3 Å². The zero-order valence-corrected chi connectivity index (χ0v) is 12.2. The first-order chi connectivity index (χ1) is 10.3. The van der Waals surface area contributed by atoms with E-state index in [2.05, 4.69) is 4.98 Å². The third-order valence-corrected chi connectivity index (χ3v) is 3.97. The molecule has 3 aromatic rings. The minimum Gasteiger partial charge on any atom is -0.303 e. The number of amides is 1. The standard InChI is InChI=1S/C17H14N2OS/c20-17(16-9-5-11-21-16)19(15-7-2-1-3-8-15)13-14-6-4-10-18-12-14/h1-12H,13H2. The molecule has 4 heteroatoms. The summed E-state index contributed by atoms with van der Waals surface area (Å²) in [5.74, 6) is 0.0139. The van der Waals surface area contributed by atoms with Gasteiger partial charge in [0, 0.05) is 18.1 Å². The molecule has 0 saturated carbocycles. The smallest absolute Gasteiger partial charge is 0.268 e. The first-order valence-electron chi connectivity index (χ1n) is 6.64. The fraction of sp³-hybridized carbons (Fsp3) is 0.0588. The van der Waals surface area contributed by atoms with Crippen molar-refractivity contribution in [2.75, 3.05) is 4.90 Å². The molecule has 2 heterocycles. The molecule has 3 rings (SSSR count). The van der Waals surface area contributed by atoms with Crippen LogP contribution in [0.4, 0.5) is 5.69 Å². The molecule has 0 atom stereocenters. The average Bonchev–Trinajstić information content (AvgIpc) is 3.08. The molecule has 104 valence electrons. The van der Waals surface area contributed by atoms with Crippen molar-refractivity contribution in [3.8, 4) is 0 Å². The van der Waals surface area contributed by atoms with E-state index in [1.807, 2.05) is 60.0 Å². The van der Waals surface area contributed by atoms with Crippen LogP contribution in [-0.2, 0) is 6.54 Å². The van der Waals surface area contributed by atoms with Crippen molar-refractivity contribution >= 4 is 22.9 Å². The molecule has 0 saturated heterocycles. The van der Waals surface area contributed by atoms with Crippen LogP contribution in [0.25, 0.3) is 0 Å². The number of hydrogen-bond donors (Lipinski definition) is 0. The van der Waals surface area contributed by atoms with Crippen molar-refractivity contribution in [3.63, 3.8) is 0 Å². The highest BCUT2D eigenvalue weighted by Crippen LogP contribution is 2.21. The highest BCUT2D eigenvalue weighted by Gasteiger charge is 2.18. The predicted octanol–water partition coefficient (Wildman–Crippen LogP) is 3.99. The lowest BCUT2D eigenvalue weighted by atomic mass is 10.2. The monoisotopic (exact) mass is 294 g/mol. The van der Waals surface area contributed by atoms with Gasteiger partial charge < -0.3 is 4.90 Å². The Kier molecular flexibility index (Phi) is 4.07. The highest BCUT2D eigenvalue weighted by atomic mass is 32.1. The van der Waals surface area contributed by atoms with Gasteiger partial charge in [-0.15, -0.1) is 11.3 Å². The Labute approximate surface area is 127 Å². The maximum absolute atomic E-state index is 12.7. The Bertz CT molecular complexity index is 696. The van der Waals surface area contributed by atoms with Gasteiger partial charge in [-0.2, -0.15) is 0 Å². The lowest BCUT2D eigenvalue weighted by Crippen LogP contribution is -2.29. The van der Waals surface area contributed by atoms with Gasteiger partial charge in [0.25, 0.3) is 5.91 Å². The Morgan fingerprint density at radius 1 is 1.05 bits per heavy atom. The van der Waals surface area contributed by atoms with Crippen LogP contribution in [0.15, 0.2) is 72.4 Å². The normalized spacial score (nSPS) is 10.3. The summed E-state index contributed by atoms with van der Waals surface area (Å²) < 4.78 is 0. The van der Waals surface area contributed by atoms with Gasteiger partial charge in [-0.25, -0.2) is 0 Å². The molecular formula is C17H14N2OS. The van der Waals surface area contributed by atoms with Gasteiger partial charge in [-0.05, 0) is 35.2 Å². The van der Waals surface area contributed by atoms with E-state index in [4.69, 9.17) is 0 Å².